The predicted molar refractivity (Wildman–Crippen MR) is 119 cm³/mol. The van der Waals surface area contributed by atoms with Gasteiger partial charge < -0.3 is 10.6 Å². The Bertz CT molecular complexity index is 1160. The molecule has 0 saturated carbocycles. The lowest BCUT2D eigenvalue weighted by molar-refractivity contribution is -0.134. The van der Waals surface area contributed by atoms with Crippen molar-refractivity contribution in [2.24, 2.45) is 11.7 Å². The van der Waals surface area contributed by atoms with Gasteiger partial charge in [0, 0.05) is 38.4 Å². The Morgan fingerprint density at radius 1 is 1.23 bits per heavy atom. The van der Waals surface area contributed by atoms with Crippen LogP contribution in [0.5, 0.6) is 0 Å². The van der Waals surface area contributed by atoms with Gasteiger partial charge in [-0.15, -0.1) is 21.5 Å². The van der Waals surface area contributed by atoms with Gasteiger partial charge in [0.25, 0.3) is 5.56 Å². The summed E-state index contributed by atoms with van der Waals surface area (Å²) in [5.74, 6) is 0.838. The second kappa shape index (κ2) is 9.17. The standard InChI is InChI=1S/C21H28N6O3S/c1-2-3-4-10-26-20(30)18-15(9-13-31-18)27-16(23-24-21(26)27)5-6-17(28)25-11-7-14(8-12-25)19(22)29/h9,13-14H,2-8,10-12H2,1H3,(H2,22,29). The number of carbonyl (C=O) groups excluding carboxylic acids is 2. The van der Waals surface area contributed by atoms with Crippen molar-refractivity contribution in [3.8, 4) is 0 Å². The number of likely N-dealkylation sites (tertiary alicyclic amines) is 1. The van der Waals surface area contributed by atoms with Crippen molar-refractivity contribution in [1.82, 2.24) is 24.1 Å². The van der Waals surface area contributed by atoms with Gasteiger partial charge in [0.15, 0.2) is 0 Å². The molecular formula is C21H28N6O3S. The first-order valence-corrected chi connectivity index (χ1v) is 11.8. The Morgan fingerprint density at radius 2 is 2.00 bits per heavy atom. The first kappa shape index (κ1) is 21.5. The summed E-state index contributed by atoms with van der Waals surface area (Å²) in [5.41, 5.74) is 6.15. The van der Waals surface area contributed by atoms with Crippen molar-refractivity contribution in [2.45, 2.75) is 58.4 Å². The number of hydrogen-bond acceptors (Lipinski definition) is 6. The third-order valence-corrected chi connectivity index (χ3v) is 6.97. The van der Waals surface area contributed by atoms with E-state index in [9.17, 15) is 14.4 Å². The van der Waals surface area contributed by atoms with E-state index in [-0.39, 0.29) is 23.3 Å². The van der Waals surface area contributed by atoms with Crippen molar-refractivity contribution < 1.29 is 9.59 Å². The van der Waals surface area contributed by atoms with Crippen LogP contribution in [0.25, 0.3) is 16.0 Å². The summed E-state index contributed by atoms with van der Waals surface area (Å²) < 4.78 is 4.32. The highest BCUT2D eigenvalue weighted by Gasteiger charge is 2.26. The zero-order valence-electron chi connectivity index (χ0n) is 17.7. The molecule has 3 aromatic heterocycles. The molecule has 0 spiro atoms. The Hall–Kier alpha value is -2.75. The van der Waals surface area contributed by atoms with Crippen LogP contribution in [-0.2, 0) is 22.6 Å². The van der Waals surface area contributed by atoms with Crippen molar-refractivity contribution >= 4 is 39.1 Å². The van der Waals surface area contributed by atoms with Gasteiger partial charge in [0.05, 0.1) is 5.52 Å². The number of amides is 2. The van der Waals surface area contributed by atoms with Crippen LogP contribution in [0.1, 0.15) is 51.3 Å². The summed E-state index contributed by atoms with van der Waals surface area (Å²) in [6.45, 7) is 3.84. The normalized spacial score (nSPS) is 15.2. The van der Waals surface area contributed by atoms with E-state index in [2.05, 4.69) is 17.1 Å². The van der Waals surface area contributed by atoms with E-state index in [1.807, 2.05) is 15.8 Å². The second-order valence-corrected chi connectivity index (χ2v) is 9.02. The van der Waals surface area contributed by atoms with Gasteiger partial charge in [-0.3, -0.25) is 23.4 Å². The molecule has 0 aliphatic carbocycles. The molecule has 3 aromatic rings. The number of hydrogen-bond donors (Lipinski definition) is 1. The molecule has 0 unspecified atom stereocenters. The molecule has 4 heterocycles. The minimum absolute atomic E-state index is 0.0269. The summed E-state index contributed by atoms with van der Waals surface area (Å²) in [5, 5.41) is 10.5. The number of unbranched alkanes of at least 4 members (excludes halogenated alkanes) is 2. The number of carbonyl (C=O) groups is 2. The summed E-state index contributed by atoms with van der Waals surface area (Å²) >= 11 is 1.42. The van der Waals surface area contributed by atoms with E-state index in [1.165, 1.54) is 11.3 Å². The summed E-state index contributed by atoms with van der Waals surface area (Å²) in [4.78, 5) is 38.8. The number of nitrogens with two attached hydrogens (primary N) is 1. The molecule has 2 amide bonds. The molecule has 1 saturated heterocycles. The SMILES string of the molecule is CCCCCn1c(=O)c2sccc2n2c(CCC(=O)N3CCC(C(N)=O)CC3)nnc12. The number of aryl methyl sites for hydroxylation is 2. The summed E-state index contributed by atoms with van der Waals surface area (Å²) in [7, 11) is 0. The lowest BCUT2D eigenvalue weighted by atomic mass is 9.96. The predicted octanol–water partition coefficient (Wildman–Crippen LogP) is 1.95. The van der Waals surface area contributed by atoms with Gasteiger partial charge in [0.1, 0.15) is 10.5 Å². The van der Waals surface area contributed by atoms with Crippen LogP contribution in [0.3, 0.4) is 0 Å². The minimum Gasteiger partial charge on any atom is -0.369 e. The highest BCUT2D eigenvalue weighted by molar-refractivity contribution is 7.17. The van der Waals surface area contributed by atoms with E-state index in [1.54, 1.807) is 9.47 Å². The number of primary amides is 1. The first-order valence-electron chi connectivity index (χ1n) is 10.9. The number of rotatable bonds is 8. The molecule has 0 radical (unpaired) electrons. The maximum Gasteiger partial charge on any atom is 0.272 e. The Kier molecular flexibility index (Phi) is 6.35. The Morgan fingerprint density at radius 3 is 2.71 bits per heavy atom. The number of aromatic nitrogens is 4. The summed E-state index contributed by atoms with van der Waals surface area (Å²) in [6.07, 6.45) is 5.01. The largest absolute Gasteiger partial charge is 0.369 e. The van der Waals surface area contributed by atoms with Crippen LogP contribution < -0.4 is 11.3 Å². The number of fused-ring (bicyclic) bond motifs is 3. The van der Waals surface area contributed by atoms with E-state index in [0.29, 0.717) is 61.6 Å². The van der Waals surface area contributed by atoms with Crippen molar-refractivity contribution in [3.63, 3.8) is 0 Å². The van der Waals surface area contributed by atoms with E-state index in [0.717, 1.165) is 24.8 Å². The third-order valence-electron chi connectivity index (χ3n) is 6.08. The molecular weight excluding hydrogens is 416 g/mol. The lowest BCUT2D eigenvalue weighted by Crippen LogP contribution is -2.41. The molecule has 166 valence electrons. The average molecular weight is 445 g/mol. The van der Waals surface area contributed by atoms with Crippen LogP contribution in [-0.4, -0.2) is 49.0 Å². The van der Waals surface area contributed by atoms with Crippen LogP contribution in [0.15, 0.2) is 16.2 Å². The Balaban J connectivity index is 1.54. The molecule has 1 aliphatic heterocycles. The molecule has 4 rings (SSSR count). The molecule has 0 aromatic carbocycles. The molecule has 31 heavy (non-hydrogen) atoms. The quantitative estimate of drug-likeness (QED) is 0.533. The fraction of sp³-hybridized carbons (Fsp3) is 0.571. The molecule has 10 heteroatoms. The van der Waals surface area contributed by atoms with E-state index < -0.39 is 0 Å². The number of nitrogens with zero attached hydrogens (tertiary/aromatic N) is 5. The van der Waals surface area contributed by atoms with Crippen molar-refractivity contribution in [3.05, 3.63) is 27.6 Å². The van der Waals surface area contributed by atoms with Crippen LogP contribution in [0.2, 0.25) is 0 Å². The first-order chi connectivity index (χ1) is 15.0. The topological polar surface area (TPSA) is 116 Å². The van der Waals surface area contributed by atoms with Gasteiger partial charge in [-0.2, -0.15) is 0 Å². The maximum absolute atomic E-state index is 13.0. The molecule has 2 N–H and O–H groups in total. The lowest BCUT2D eigenvalue weighted by Gasteiger charge is -2.30. The van der Waals surface area contributed by atoms with Gasteiger partial charge in [0.2, 0.25) is 17.6 Å². The van der Waals surface area contributed by atoms with Crippen LogP contribution >= 0.6 is 11.3 Å². The zero-order chi connectivity index (χ0) is 22.0. The monoisotopic (exact) mass is 444 g/mol. The smallest absolute Gasteiger partial charge is 0.272 e. The fourth-order valence-electron chi connectivity index (χ4n) is 4.25. The van der Waals surface area contributed by atoms with Gasteiger partial charge in [-0.1, -0.05) is 19.8 Å². The zero-order valence-corrected chi connectivity index (χ0v) is 18.6. The second-order valence-electron chi connectivity index (χ2n) is 8.11. The van der Waals surface area contributed by atoms with E-state index >= 15 is 0 Å². The van der Waals surface area contributed by atoms with E-state index in [4.69, 9.17) is 5.73 Å². The molecule has 1 fully saturated rings. The number of thiophene rings is 1. The minimum atomic E-state index is -0.285. The highest BCUT2D eigenvalue weighted by atomic mass is 32.1. The molecule has 9 nitrogen and oxygen atoms in total. The maximum atomic E-state index is 13.0. The van der Waals surface area contributed by atoms with Crippen LogP contribution in [0, 0.1) is 5.92 Å². The molecule has 0 atom stereocenters. The third kappa shape index (κ3) is 4.21. The summed E-state index contributed by atoms with van der Waals surface area (Å²) in [6, 6.07) is 1.91. The highest BCUT2D eigenvalue weighted by Crippen LogP contribution is 2.21. The average Bonchev–Trinajstić information content (AvgIpc) is 3.41. The number of piperidine rings is 1. The van der Waals surface area contributed by atoms with Crippen LogP contribution in [0.4, 0.5) is 0 Å². The van der Waals surface area contributed by atoms with Gasteiger partial charge in [-0.25, -0.2) is 0 Å². The van der Waals surface area contributed by atoms with Gasteiger partial charge >= 0.3 is 0 Å². The Labute approximate surface area is 183 Å². The fourth-order valence-corrected chi connectivity index (χ4v) is 5.08. The van der Waals surface area contributed by atoms with Crippen molar-refractivity contribution in [1.29, 1.82) is 0 Å². The van der Waals surface area contributed by atoms with Crippen molar-refractivity contribution in [2.75, 3.05) is 13.1 Å². The van der Waals surface area contributed by atoms with Gasteiger partial charge in [-0.05, 0) is 30.7 Å². The molecule has 1 aliphatic rings. The molecule has 0 bridgehead atoms.